The number of nitrogens with zero attached hydrogens (tertiary/aromatic N) is 1. The summed E-state index contributed by atoms with van der Waals surface area (Å²) in [5.74, 6) is 1.01. The summed E-state index contributed by atoms with van der Waals surface area (Å²) in [5, 5.41) is 16.8. The quantitative estimate of drug-likeness (QED) is 0.478. The number of aliphatic imine (C=N–C) groups is 1. The maximum atomic E-state index is 14.0. The van der Waals surface area contributed by atoms with E-state index in [4.69, 9.17) is 9.47 Å². The van der Waals surface area contributed by atoms with Gasteiger partial charge >= 0.3 is 0 Å². The molecule has 0 bridgehead atoms. The van der Waals surface area contributed by atoms with Crippen LogP contribution in [0, 0.1) is 5.82 Å². The van der Waals surface area contributed by atoms with E-state index in [0.717, 1.165) is 11.1 Å². The average molecular weight is 389 g/mol. The number of guanidine groups is 1. The van der Waals surface area contributed by atoms with Crippen LogP contribution in [0.1, 0.15) is 37.1 Å². The topological polar surface area (TPSA) is 75.1 Å². The lowest BCUT2D eigenvalue weighted by atomic mass is 10.1. The largest absolute Gasteiger partial charge is 0.497 e. The molecule has 0 saturated carbocycles. The van der Waals surface area contributed by atoms with Gasteiger partial charge in [-0.3, -0.25) is 4.99 Å². The molecule has 0 aliphatic heterocycles. The predicted molar refractivity (Wildman–Crippen MR) is 108 cm³/mol. The second kappa shape index (κ2) is 10.5. The second-order valence-corrected chi connectivity index (χ2v) is 6.27. The first-order valence-electron chi connectivity index (χ1n) is 9.18. The first-order chi connectivity index (χ1) is 13.5. The Morgan fingerprint density at radius 2 is 1.93 bits per heavy atom. The summed E-state index contributed by atoms with van der Waals surface area (Å²) in [6.45, 7) is 4.69. The second-order valence-electron chi connectivity index (χ2n) is 6.27. The van der Waals surface area contributed by atoms with Crippen LogP contribution in [0.3, 0.4) is 0 Å². The number of aliphatic hydroxyl groups excluding tert-OH is 1. The summed E-state index contributed by atoms with van der Waals surface area (Å²) in [6.07, 6.45) is -0.765. The Kier molecular flexibility index (Phi) is 8.07. The molecule has 0 amide bonds. The molecule has 2 aromatic rings. The molecule has 2 atom stereocenters. The summed E-state index contributed by atoms with van der Waals surface area (Å²) < 4.78 is 24.1. The summed E-state index contributed by atoms with van der Waals surface area (Å²) >= 11 is 0. The summed E-state index contributed by atoms with van der Waals surface area (Å²) in [6, 6.07) is 11.9. The first-order valence-corrected chi connectivity index (χ1v) is 9.18. The van der Waals surface area contributed by atoms with Gasteiger partial charge in [0, 0.05) is 6.54 Å². The number of aliphatic hydroxyl groups is 1. The number of ether oxygens (including phenoxy) is 2. The molecule has 0 heterocycles. The van der Waals surface area contributed by atoms with Gasteiger partial charge in [0.2, 0.25) is 0 Å². The number of hydrogen-bond acceptors (Lipinski definition) is 4. The Balaban J connectivity index is 2.07. The molecule has 3 N–H and O–H groups in total. The fourth-order valence-corrected chi connectivity index (χ4v) is 2.69. The fourth-order valence-electron chi connectivity index (χ4n) is 2.69. The molecule has 2 unspecified atom stereocenters. The Labute approximate surface area is 165 Å². The molecule has 0 aliphatic carbocycles. The standard InChI is InChI=1S/C21H28FN3O3/c1-5-23-21(24-13-19(26)16-7-6-8-17(11-16)27-3)25-14(2)15-9-10-20(28-4)18(22)12-15/h6-12,14,19,26H,5,13H2,1-4H3,(H2,23,24,25). The van der Waals surface area contributed by atoms with E-state index in [-0.39, 0.29) is 18.3 Å². The van der Waals surface area contributed by atoms with E-state index in [1.54, 1.807) is 25.3 Å². The van der Waals surface area contributed by atoms with Crippen LogP contribution < -0.4 is 20.1 Å². The highest BCUT2D eigenvalue weighted by atomic mass is 19.1. The molecule has 2 aromatic carbocycles. The van der Waals surface area contributed by atoms with Crippen LogP contribution >= 0.6 is 0 Å². The highest BCUT2D eigenvalue weighted by Gasteiger charge is 2.13. The molecule has 0 saturated heterocycles. The highest BCUT2D eigenvalue weighted by molar-refractivity contribution is 5.80. The van der Waals surface area contributed by atoms with Crippen molar-refractivity contribution in [3.63, 3.8) is 0 Å². The van der Waals surface area contributed by atoms with Crippen molar-refractivity contribution in [2.24, 2.45) is 4.99 Å². The molecule has 0 aliphatic rings. The normalized spacial score (nSPS) is 13.6. The zero-order valence-corrected chi connectivity index (χ0v) is 16.7. The molecule has 28 heavy (non-hydrogen) atoms. The van der Waals surface area contributed by atoms with Gasteiger partial charge in [0.25, 0.3) is 0 Å². The van der Waals surface area contributed by atoms with Gasteiger partial charge in [-0.25, -0.2) is 4.39 Å². The van der Waals surface area contributed by atoms with Gasteiger partial charge < -0.3 is 25.2 Å². The van der Waals surface area contributed by atoms with Crippen molar-refractivity contribution in [3.8, 4) is 11.5 Å². The minimum absolute atomic E-state index is 0.173. The van der Waals surface area contributed by atoms with Crippen LogP contribution in [-0.4, -0.2) is 38.4 Å². The third-order valence-corrected chi connectivity index (χ3v) is 4.27. The van der Waals surface area contributed by atoms with E-state index in [1.807, 2.05) is 32.0 Å². The molecule has 6 nitrogen and oxygen atoms in total. The van der Waals surface area contributed by atoms with E-state index in [9.17, 15) is 9.50 Å². The number of benzene rings is 2. The van der Waals surface area contributed by atoms with Gasteiger partial charge in [-0.2, -0.15) is 0 Å². The van der Waals surface area contributed by atoms with Crippen molar-refractivity contribution in [2.75, 3.05) is 27.3 Å². The highest BCUT2D eigenvalue weighted by Crippen LogP contribution is 2.22. The minimum atomic E-state index is -0.765. The van der Waals surface area contributed by atoms with E-state index in [2.05, 4.69) is 15.6 Å². The monoisotopic (exact) mass is 389 g/mol. The molecular weight excluding hydrogens is 361 g/mol. The lowest BCUT2D eigenvalue weighted by molar-refractivity contribution is 0.186. The van der Waals surface area contributed by atoms with Crippen molar-refractivity contribution < 1.29 is 19.0 Å². The van der Waals surface area contributed by atoms with Crippen molar-refractivity contribution in [2.45, 2.75) is 26.0 Å². The molecular formula is C21H28FN3O3. The Morgan fingerprint density at radius 1 is 1.14 bits per heavy atom. The lowest BCUT2D eigenvalue weighted by Gasteiger charge is -2.19. The van der Waals surface area contributed by atoms with Gasteiger partial charge in [-0.1, -0.05) is 18.2 Å². The van der Waals surface area contributed by atoms with E-state index >= 15 is 0 Å². The van der Waals surface area contributed by atoms with Crippen molar-refractivity contribution in [1.29, 1.82) is 0 Å². The molecule has 0 spiro atoms. The van der Waals surface area contributed by atoms with Gasteiger partial charge in [-0.05, 0) is 49.2 Å². The van der Waals surface area contributed by atoms with Crippen LogP contribution in [0.15, 0.2) is 47.5 Å². The van der Waals surface area contributed by atoms with Gasteiger partial charge in [0.05, 0.1) is 32.9 Å². The zero-order valence-electron chi connectivity index (χ0n) is 16.7. The average Bonchev–Trinajstić information content (AvgIpc) is 2.71. The predicted octanol–water partition coefficient (Wildman–Crippen LogP) is 3.19. The smallest absolute Gasteiger partial charge is 0.191 e. The first kappa shape index (κ1) is 21.5. The van der Waals surface area contributed by atoms with Crippen LogP contribution in [-0.2, 0) is 0 Å². The number of rotatable bonds is 8. The minimum Gasteiger partial charge on any atom is -0.497 e. The van der Waals surface area contributed by atoms with Gasteiger partial charge in [-0.15, -0.1) is 0 Å². The molecule has 2 rings (SSSR count). The summed E-state index contributed by atoms with van der Waals surface area (Å²) in [5.41, 5.74) is 1.49. The lowest BCUT2D eigenvalue weighted by Crippen LogP contribution is -2.39. The van der Waals surface area contributed by atoms with Crippen molar-refractivity contribution in [1.82, 2.24) is 10.6 Å². The van der Waals surface area contributed by atoms with Crippen LogP contribution in [0.5, 0.6) is 11.5 Å². The third kappa shape index (κ3) is 5.85. The molecule has 0 aromatic heterocycles. The van der Waals surface area contributed by atoms with Gasteiger partial charge in [0.15, 0.2) is 17.5 Å². The Morgan fingerprint density at radius 3 is 2.57 bits per heavy atom. The number of hydrogen-bond donors (Lipinski definition) is 3. The van der Waals surface area contributed by atoms with Crippen molar-refractivity contribution >= 4 is 5.96 Å². The van der Waals surface area contributed by atoms with E-state index in [0.29, 0.717) is 18.3 Å². The van der Waals surface area contributed by atoms with E-state index in [1.165, 1.54) is 13.2 Å². The fraction of sp³-hybridized carbons (Fsp3) is 0.381. The third-order valence-electron chi connectivity index (χ3n) is 4.27. The summed E-state index contributed by atoms with van der Waals surface area (Å²) in [4.78, 5) is 4.45. The molecule has 152 valence electrons. The Hall–Kier alpha value is -2.80. The molecule has 0 fully saturated rings. The van der Waals surface area contributed by atoms with Gasteiger partial charge in [0.1, 0.15) is 5.75 Å². The zero-order chi connectivity index (χ0) is 20.5. The Bertz CT molecular complexity index is 798. The van der Waals surface area contributed by atoms with Crippen LogP contribution in [0.2, 0.25) is 0 Å². The van der Waals surface area contributed by atoms with Crippen LogP contribution in [0.4, 0.5) is 4.39 Å². The van der Waals surface area contributed by atoms with E-state index < -0.39 is 11.9 Å². The summed E-state index contributed by atoms with van der Waals surface area (Å²) in [7, 11) is 3.02. The molecule has 7 heteroatoms. The maximum Gasteiger partial charge on any atom is 0.191 e. The molecule has 0 radical (unpaired) electrons. The number of nitrogens with one attached hydrogen (secondary N) is 2. The van der Waals surface area contributed by atoms with Crippen LogP contribution in [0.25, 0.3) is 0 Å². The SMILES string of the molecule is CCNC(=NCC(O)c1cccc(OC)c1)NC(C)c1ccc(OC)c(F)c1. The maximum absolute atomic E-state index is 14.0. The van der Waals surface area contributed by atoms with Crippen molar-refractivity contribution in [3.05, 3.63) is 59.4 Å². The number of methoxy groups -OCH3 is 2. The number of halogens is 1.